The number of nitrogens with two attached hydrogens (primary N) is 1. The van der Waals surface area contributed by atoms with E-state index in [1.807, 2.05) is 0 Å². The van der Waals surface area contributed by atoms with Crippen LogP contribution in [0, 0.1) is 0 Å². The zero-order chi connectivity index (χ0) is 9.40. The lowest BCUT2D eigenvalue weighted by Crippen LogP contribution is -2.34. The summed E-state index contributed by atoms with van der Waals surface area (Å²) in [6.45, 7) is 1.97. The van der Waals surface area contributed by atoms with Crippen molar-refractivity contribution in [2.24, 2.45) is 5.73 Å². The Morgan fingerprint density at radius 2 is 1.92 bits per heavy atom. The van der Waals surface area contributed by atoms with Crippen LogP contribution >= 0.6 is 0 Å². The lowest BCUT2D eigenvalue weighted by atomic mass is 10.6. The highest BCUT2D eigenvalue weighted by Crippen LogP contribution is 1.71. The van der Waals surface area contributed by atoms with Crippen LogP contribution in [0.15, 0.2) is 0 Å². The molecule has 0 radical (unpaired) electrons. The van der Waals surface area contributed by atoms with E-state index in [-0.39, 0.29) is 12.6 Å². The number of ether oxygens (including phenoxy) is 1. The van der Waals surface area contributed by atoms with Gasteiger partial charge in [-0.05, 0) is 0 Å². The average Bonchev–Trinajstić information content (AvgIpc) is 1.98. The zero-order valence-corrected chi connectivity index (χ0v) is 6.92. The van der Waals surface area contributed by atoms with Crippen LogP contribution in [-0.4, -0.2) is 31.8 Å². The predicted octanol–water partition coefficient (Wildman–Crippen LogP) is -1.24. The minimum absolute atomic E-state index is 0.135. The van der Waals surface area contributed by atoms with Crippen molar-refractivity contribution in [3.05, 3.63) is 0 Å². The molecule has 0 aromatic carbocycles. The summed E-state index contributed by atoms with van der Waals surface area (Å²) in [7, 11) is 0. The molecule has 0 aromatic heterocycles. The van der Waals surface area contributed by atoms with E-state index in [9.17, 15) is 9.59 Å². The molecule has 6 heteroatoms. The molecule has 0 aliphatic heterocycles. The average molecular weight is 175 g/mol. The fourth-order valence-corrected chi connectivity index (χ4v) is 0.530. The Labute approximate surface area is 70.4 Å². The molecule has 0 atom stereocenters. The second kappa shape index (κ2) is 6.41. The lowest BCUT2D eigenvalue weighted by molar-refractivity contribution is -0.118. The maximum Gasteiger partial charge on any atom is 0.408 e. The number of carbonyl (C=O) groups is 2. The van der Waals surface area contributed by atoms with Gasteiger partial charge in [0.1, 0.15) is 6.73 Å². The molecule has 0 rings (SSSR count). The van der Waals surface area contributed by atoms with E-state index < -0.39 is 6.09 Å². The Morgan fingerprint density at radius 1 is 1.33 bits per heavy atom. The molecular weight excluding hydrogens is 162 g/mol. The molecule has 6 nitrogen and oxygen atoms in total. The Kier molecular flexibility index (Phi) is 5.72. The second-order valence-electron chi connectivity index (χ2n) is 2.01. The maximum absolute atomic E-state index is 10.6. The summed E-state index contributed by atoms with van der Waals surface area (Å²) in [5.74, 6) is -0.135. The van der Waals surface area contributed by atoms with E-state index in [0.29, 0.717) is 13.1 Å². The first-order valence-electron chi connectivity index (χ1n) is 3.52. The maximum atomic E-state index is 10.6. The summed E-state index contributed by atoms with van der Waals surface area (Å²) in [5, 5.41) is 4.89. The lowest BCUT2D eigenvalue weighted by Gasteiger charge is -2.04. The highest BCUT2D eigenvalue weighted by atomic mass is 16.6. The number of amides is 2. The van der Waals surface area contributed by atoms with Crippen LogP contribution in [0.4, 0.5) is 4.79 Å². The molecule has 0 saturated heterocycles. The van der Waals surface area contributed by atoms with Gasteiger partial charge in [-0.3, -0.25) is 10.5 Å². The number of rotatable bonds is 4. The summed E-state index contributed by atoms with van der Waals surface area (Å²) in [5.41, 5.74) is 4.93. The fraction of sp³-hybridized carbons (Fsp3) is 0.667. The molecule has 0 heterocycles. The van der Waals surface area contributed by atoms with Crippen molar-refractivity contribution in [1.29, 1.82) is 0 Å². The fourth-order valence-electron chi connectivity index (χ4n) is 0.530. The van der Waals surface area contributed by atoms with Gasteiger partial charge in [-0.2, -0.15) is 0 Å². The van der Waals surface area contributed by atoms with Crippen molar-refractivity contribution >= 4 is 12.0 Å². The van der Waals surface area contributed by atoms with E-state index in [1.54, 1.807) is 0 Å². The summed E-state index contributed by atoms with van der Waals surface area (Å²) in [4.78, 5) is 20.9. The van der Waals surface area contributed by atoms with Crippen LogP contribution < -0.4 is 16.4 Å². The van der Waals surface area contributed by atoms with E-state index in [2.05, 4.69) is 15.4 Å². The molecular formula is C6H13N3O3. The molecule has 0 fully saturated rings. The van der Waals surface area contributed by atoms with Crippen LogP contribution in [0.25, 0.3) is 0 Å². The van der Waals surface area contributed by atoms with Crippen LogP contribution in [0.1, 0.15) is 6.92 Å². The number of carbonyl (C=O) groups excluding carboxylic acids is 2. The van der Waals surface area contributed by atoms with Crippen molar-refractivity contribution in [2.75, 3.05) is 19.8 Å². The van der Waals surface area contributed by atoms with Crippen molar-refractivity contribution < 1.29 is 14.3 Å². The number of hydrogen-bond acceptors (Lipinski definition) is 4. The van der Waals surface area contributed by atoms with Crippen LogP contribution in [-0.2, 0) is 9.53 Å². The largest absolute Gasteiger partial charge is 0.434 e. The Balaban J connectivity index is 3.19. The van der Waals surface area contributed by atoms with E-state index in [1.165, 1.54) is 6.92 Å². The molecule has 0 saturated carbocycles. The predicted molar refractivity (Wildman–Crippen MR) is 42.2 cm³/mol. The number of nitrogens with one attached hydrogen (secondary N) is 2. The summed E-state index contributed by atoms with van der Waals surface area (Å²) in [6, 6.07) is 0. The SMILES string of the molecule is CC(=O)NCCNC(=O)OCN. The Bertz CT molecular complexity index is 160. The van der Waals surface area contributed by atoms with Gasteiger partial charge < -0.3 is 15.4 Å². The van der Waals surface area contributed by atoms with Gasteiger partial charge in [-0.15, -0.1) is 0 Å². The normalized spacial score (nSPS) is 8.83. The third-order valence-electron chi connectivity index (χ3n) is 0.983. The Morgan fingerprint density at radius 3 is 2.42 bits per heavy atom. The highest BCUT2D eigenvalue weighted by Gasteiger charge is 1.97. The molecule has 0 aromatic rings. The van der Waals surface area contributed by atoms with Gasteiger partial charge >= 0.3 is 6.09 Å². The van der Waals surface area contributed by atoms with Crippen molar-refractivity contribution in [1.82, 2.24) is 10.6 Å². The van der Waals surface area contributed by atoms with Crippen LogP contribution in [0.5, 0.6) is 0 Å². The molecule has 0 aliphatic rings. The molecule has 70 valence electrons. The molecule has 0 unspecified atom stereocenters. The van der Waals surface area contributed by atoms with Crippen LogP contribution in [0.3, 0.4) is 0 Å². The summed E-state index contributed by atoms with van der Waals surface area (Å²) < 4.78 is 4.36. The van der Waals surface area contributed by atoms with Crippen molar-refractivity contribution in [3.8, 4) is 0 Å². The van der Waals surface area contributed by atoms with Gasteiger partial charge in [0.2, 0.25) is 5.91 Å². The third-order valence-corrected chi connectivity index (χ3v) is 0.983. The topological polar surface area (TPSA) is 93.5 Å². The van der Waals surface area contributed by atoms with Gasteiger partial charge in [0.25, 0.3) is 0 Å². The molecule has 0 bridgehead atoms. The number of hydrogen-bond donors (Lipinski definition) is 3. The monoisotopic (exact) mass is 175 g/mol. The second-order valence-corrected chi connectivity index (χ2v) is 2.01. The first-order valence-corrected chi connectivity index (χ1v) is 3.52. The van der Waals surface area contributed by atoms with Crippen LogP contribution in [0.2, 0.25) is 0 Å². The van der Waals surface area contributed by atoms with E-state index >= 15 is 0 Å². The quantitative estimate of drug-likeness (QED) is 0.368. The summed E-state index contributed by atoms with van der Waals surface area (Å²) in [6.07, 6.45) is -0.581. The zero-order valence-electron chi connectivity index (χ0n) is 6.92. The highest BCUT2D eigenvalue weighted by molar-refractivity contribution is 5.73. The van der Waals surface area contributed by atoms with Gasteiger partial charge in [0.05, 0.1) is 0 Å². The van der Waals surface area contributed by atoms with Gasteiger partial charge in [0.15, 0.2) is 0 Å². The molecule has 2 amide bonds. The Hall–Kier alpha value is -1.30. The first-order chi connectivity index (χ1) is 5.66. The summed E-state index contributed by atoms with van der Waals surface area (Å²) >= 11 is 0. The molecule has 4 N–H and O–H groups in total. The minimum atomic E-state index is -0.581. The van der Waals surface area contributed by atoms with E-state index in [4.69, 9.17) is 5.73 Å². The van der Waals surface area contributed by atoms with Gasteiger partial charge in [-0.25, -0.2) is 4.79 Å². The molecule has 0 spiro atoms. The van der Waals surface area contributed by atoms with Gasteiger partial charge in [0, 0.05) is 20.0 Å². The standard InChI is InChI=1S/C6H13N3O3/c1-5(10)8-2-3-9-6(11)12-4-7/h2-4,7H2,1H3,(H,8,10)(H,9,11). The van der Waals surface area contributed by atoms with Crippen molar-refractivity contribution in [3.63, 3.8) is 0 Å². The first kappa shape index (κ1) is 10.7. The van der Waals surface area contributed by atoms with E-state index in [0.717, 1.165) is 0 Å². The third kappa shape index (κ3) is 6.81. The molecule has 0 aliphatic carbocycles. The minimum Gasteiger partial charge on any atom is -0.434 e. The van der Waals surface area contributed by atoms with Gasteiger partial charge in [-0.1, -0.05) is 0 Å². The number of alkyl carbamates (subject to hydrolysis) is 1. The smallest absolute Gasteiger partial charge is 0.408 e. The molecule has 12 heavy (non-hydrogen) atoms. The van der Waals surface area contributed by atoms with Crippen molar-refractivity contribution in [2.45, 2.75) is 6.92 Å².